The third-order valence-electron chi connectivity index (χ3n) is 2.91. The standard InChI is InChI=1S/C12H11ClN4OS/c13-12-16-15-10(19-12)11(18)17(9-3-4-9)7-8-2-1-5-14-6-8/h1-2,5-6,9H,3-4,7H2. The van der Waals surface area contributed by atoms with Crippen molar-refractivity contribution in [1.82, 2.24) is 20.1 Å². The molecule has 2 aromatic rings. The molecule has 0 bridgehead atoms. The maximum atomic E-state index is 12.4. The number of pyridine rings is 1. The van der Waals surface area contributed by atoms with E-state index in [4.69, 9.17) is 11.6 Å². The molecule has 1 fully saturated rings. The number of rotatable bonds is 4. The fourth-order valence-electron chi connectivity index (χ4n) is 1.86. The molecule has 0 aliphatic heterocycles. The molecule has 1 aliphatic rings. The molecule has 5 nitrogen and oxygen atoms in total. The SMILES string of the molecule is O=C(c1nnc(Cl)s1)N(Cc1cccnc1)C1CC1. The third kappa shape index (κ3) is 2.90. The maximum absolute atomic E-state index is 12.4. The Morgan fingerprint density at radius 1 is 1.47 bits per heavy atom. The molecule has 0 radical (unpaired) electrons. The van der Waals surface area contributed by atoms with Gasteiger partial charge in [-0.3, -0.25) is 9.78 Å². The van der Waals surface area contributed by atoms with Gasteiger partial charge in [-0.2, -0.15) is 0 Å². The first-order chi connectivity index (χ1) is 9.24. The van der Waals surface area contributed by atoms with E-state index in [1.54, 1.807) is 12.4 Å². The number of nitrogens with zero attached hydrogens (tertiary/aromatic N) is 4. The highest BCUT2D eigenvalue weighted by Gasteiger charge is 2.34. The molecule has 1 amide bonds. The molecule has 2 heterocycles. The average molecular weight is 295 g/mol. The van der Waals surface area contributed by atoms with E-state index in [0.717, 1.165) is 29.7 Å². The highest BCUT2D eigenvalue weighted by Crippen LogP contribution is 2.30. The molecule has 1 aliphatic carbocycles. The van der Waals surface area contributed by atoms with E-state index in [1.807, 2.05) is 17.0 Å². The molecule has 0 saturated heterocycles. The molecule has 0 spiro atoms. The summed E-state index contributed by atoms with van der Waals surface area (Å²) < 4.78 is 0.292. The van der Waals surface area contributed by atoms with E-state index >= 15 is 0 Å². The number of halogens is 1. The minimum absolute atomic E-state index is 0.101. The van der Waals surface area contributed by atoms with Crippen molar-refractivity contribution in [2.45, 2.75) is 25.4 Å². The van der Waals surface area contributed by atoms with Crippen LogP contribution in [0.2, 0.25) is 4.47 Å². The maximum Gasteiger partial charge on any atom is 0.285 e. The lowest BCUT2D eigenvalue weighted by Crippen LogP contribution is -2.32. The molecule has 3 rings (SSSR count). The highest BCUT2D eigenvalue weighted by atomic mass is 35.5. The third-order valence-corrected chi connectivity index (χ3v) is 3.91. The lowest BCUT2D eigenvalue weighted by molar-refractivity contribution is 0.0728. The van der Waals surface area contributed by atoms with Gasteiger partial charge in [-0.1, -0.05) is 17.4 Å². The monoisotopic (exact) mass is 294 g/mol. The van der Waals surface area contributed by atoms with Crippen molar-refractivity contribution in [2.24, 2.45) is 0 Å². The van der Waals surface area contributed by atoms with Crippen LogP contribution in [0, 0.1) is 0 Å². The fraction of sp³-hybridized carbons (Fsp3) is 0.333. The van der Waals surface area contributed by atoms with Gasteiger partial charge in [0.05, 0.1) is 0 Å². The fourth-order valence-corrected chi connectivity index (χ4v) is 2.64. The Labute approximate surface area is 119 Å². The van der Waals surface area contributed by atoms with Crippen LogP contribution in [0.4, 0.5) is 0 Å². The van der Waals surface area contributed by atoms with Crippen LogP contribution in [0.5, 0.6) is 0 Å². The molecule has 0 unspecified atom stereocenters. The van der Waals surface area contributed by atoms with E-state index in [9.17, 15) is 4.79 Å². The largest absolute Gasteiger partial charge is 0.329 e. The van der Waals surface area contributed by atoms with Crippen LogP contribution in [-0.4, -0.2) is 32.0 Å². The lowest BCUT2D eigenvalue weighted by Gasteiger charge is -2.20. The van der Waals surface area contributed by atoms with Crippen molar-refractivity contribution >= 4 is 28.8 Å². The van der Waals surface area contributed by atoms with Gasteiger partial charge in [-0.05, 0) is 36.1 Å². The Morgan fingerprint density at radius 2 is 2.32 bits per heavy atom. The van der Waals surface area contributed by atoms with Crippen molar-refractivity contribution in [3.63, 3.8) is 0 Å². The van der Waals surface area contributed by atoms with E-state index in [-0.39, 0.29) is 5.91 Å². The summed E-state index contributed by atoms with van der Waals surface area (Å²) in [6.07, 6.45) is 5.57. The predicted molar refractivity (Wildman–Crippen MR) is 72.1 cm³/mol. The summed E-state index contributed by atoms with van der Waals surface area (Å²) in [5.74, 6) is -0.101. The Morgan fingerprint density at radius 3 is 2.89 bits per heavy atom. The molecular weight excluding hydrogens is 284 g/mol. The van der Waals surface area contributed by atoms with E-state index in [1.165, 1.54) is 0 Å². The summed E-state index contributed by atoms with van der Waals surface area (Å²) in [7, 11) is 0. The highest BCUT2D eigenvalue weighted by molar-refractivity contribution is 7.17. The van der Waals surface area contributed by atoms with Crippen LogP contribution in [0.1, 0.15) is 28.2 Å². The van der Waals surface area contributed by atoms with Crippen LogP contribution in [0.25, 0.3) is 0 Å². The second kappa shape index (κ2) is 5.22. The molecule has 0 atom stereocenters. The van der Waals surface area contributed by atoms with Gasteiger partial charge in [0, 0.05) is 25.0 Å². The molecular formula is C12H11ClN4OS. The number of aromatic nitrogens is 3. The van der Waals surface area contributed by atoms with Crippen molar-refractivity contribution in [3.05, 3.63) is 39.6 Å². The van der Waals surface area contributed by atoms with Gasteiger partial charge < -0.3 is 4.90 Å². The van der Waals surface area contributed by atoms with Crippen molar-refractivity contribution in [2.75, 3.05) is 0 Å². The quantitative estimate of drug-likeness (QED) is 0.869. The summed E-state index contributed by atoms with van der Waals surface area (Å²) >= 11 is 6.85. The van der Waals surface area contributed by atoms with Crippen molar-refractivity contribution in [3.8, 4) is 0 Å². The Kier molecular flexibility index (Phi) is 3.44. The summed E-state index contributed by atoms with van der Waals surface area (Å²) in [4.78, 5) is 18.3. The van der Waals surface area contributed by atoms with Crippen LogP contribution < -0.4 is 0 Å². The van der Waals surface area contributed by atoms with Gasteiger partial charge in [0.25, 0.3) is 5.91 Å². The number of hydrogen-bond acceptors (Lipinski definition) is 5. The average Bonchev–Trinajstić information content (AvgIpc) is 3.18. The minimum Gasteiger partial charge on any atom is -0.329 e. The number of hydrogen-bond donors (Lipinski definition) is 0. The topological polar surface area (TPSA) is 59.0 Å². The van der Waals surface area contributed by atoms with Gasteiger partial charge in [0.1, 0.15) is 0 Å². The normalized spacial score (nSPS) is 14.4. The summed E-state index contributed by atoms with van der Waals surface area (Å²) in [5, 5.41) is 7.85. The first kappa shape index (κ1) is 12.5. The minimum atomic E-state index is -0.101. The Balaban J connectivity index is 1.79. The molecule has 1 saturated carbocycles. The van der Waals surface area contributed by atoms with Gasteiger partial charge in [0.15, 0.2) is 0 Å². The van der Waals surface area contributed by atoms with Gasteiger partial charge in [-0.25, -0.2) is 0 Å². The summed E-state index contributed by atoms with van der Waals surface area (Å²) in [6, 6.07) is 4.13. The molecule has 0 aromatic carbocycles. The van der Waals surface area contributed by atoms with Gasteiger partial charge in [0.2, 0.25) is 9.47 Å². The summed E-state index contributed by atoms with van der Waals surface area (Å²) in [6.45, 7) is 0.550. The number of carbonyl (C=O) groups excluding carboxylic acids is 1. The molecule has 98 valence electrons. The second-order valence-electron chi connectivity index (χ2n) is 4.39. The first-order valence-electron chi connectivity index (χ1n) is 5.93. The molecule has 19 heavy (non-hydrogen) atoms. The number of carbonyl (C=O) groups is 1. The van der Waals surface area contributed by atoms with Crippen LogP contribution >= 0.6 is 22.9 Å². The molecule has 0 N–H and O–H groups in total. The van der Waals surface area contributed by atoms with Crippen molar-refractivity contribution < 1.29 is 4.79 Å². The zero-order valence-electron chi connectivity index (χ0n) is 9.99. The second-order valence-corrected chi connectivity index (χ2v) is 5.95. The van der Waals surface area contributed by atoms with Gasteiger partial charge in [-0.15, -0.1) is 10.2 Å². The van der Waals surface area contributed by atoms with Gasteiger partial charge >= 0.3 is 0 Å². The molecule has 7 heteroatoms. The smallest absolute Gasteiger partial charge is 0.285 e. The lowest BCUT2D eigenvalue weighted by atomic mass is 10.2. The van der Waals surface area contributed by atoms with E-state index in [0.29, 0.717) is 22.1 Å². The zero-order valence-corrected chi connectivity index (χ0v) is 11.6. The number of amides is 1. The van der Waals surface area contributed by atoms with E-state index in [2.05, 4.69) is 15.2 Å². The zero-order chi connectivity index (χ0) is 13.2. The Hall–Kier alpha value is -1.53. The summed E-state index contributed by atoms with van der Waals surface area (Å²) in [5.41, 5.74) is 1.01. The van der Waals surface area contributed by atoms with Crippen molar-refractivity contribution in [1.29, 1.82) is 0 Å². The van der Waals surface area contributed by atoms with Crippen LogP contribution in [0.3, 0.4) is 0 Å². The van der Waals surface area contributed by atoms with Crippen LogP contribution in [0.15, 0.2) is 24.5 Å². The van der Waals surface area contributed by atoms with E-state index < -0.39 is 0 Å². The van der Waals surface area contributed by atoms with Crippen LogP contribution in [-0.2, 0) is 6.54 Å². The predicted octanol–water partition coefficient (Wildman–Crippen LogP) is 2.39. The molecule has 2 aromatic heterocycles. The Bertz CT molecular complexity index is 584. The first-order valence-corrected chi connectivity index (χ1v) is 7.12.